The zero-order chi connectivity index (χ0) is 36.3. The minimum atomic E-state index is -0.647. The Morgan fingerprint density at radius 1 is 0.880 bits per heavy atom. The van der Waals surface area contributed by atoms with Gasteiger partial charge in [0, 0.05) is 41.9 Å². The van der Waals surface area contributed by atoms with Gasteiger partial charge in [0.15, 0.2) is 12.6 Å². The van der Waals surface area contributed by atoms with Crippen molar-refractivity contribution in [1.82, 2.24) is 15.6 Å². The van der Waals surface area contributed by atoms with Crippen LogP contribution in [0.1, 0.15) is 54.0 Å². The standard InChI is InChI=1S/C37H38ClN5O7/c1-6-48-31-13-8-7-12-27(31)35(45)43-33-29(21-39)28(20-30(42-33)26-15-14-25(38)19-32(26)49-22-47-5)23-10-9-11-24(18-23)34(44)40-16-17-41-36(46)50-37(2,3)4/h7-15,18-20H,6,16-17,22H2,1-5H3,(H,40,44)(H,41,46)(H,42,43,45). The molecule has 0 aliphatic heterocycles. The van der Waals surface area contributed by atoms with Gasteiger partial charge in [0.05, 0.1) is 17.9 Å². The second kappa shape index (κ2) is 17.1. The monoisotopic (exact) mass is 699 g/mol. The fraction of sp³-hybridized carbons (Fsp3) is 0.270. The number of nitrogens with zero attached hydrogens (tertiary/aromatic N) is 2. The molecule has 0 spiro atoms. The number of hydrogen-bond donors (Lipinski definition) is 3. The lowest BCUT2D eigenvalue weighted by atomic mass is 9.96. The number of pyridine rings is 1. The summed E-state index contributed by atoms with van der Waals surface area (Å²) in [5.74, 6) is -0.238. The topological polar surface area (TPSA) is 161 Å². The zero-order valence-corrected chi connectivity index (χ0v) is 29.1. The third-order valence-electron chi connectivity index (χ3n) is 6.86. The average molecular weight is 700 g/mol. The van der Waals surface area contributed by atoms with Gasteiger partial charge in [-0.3, -0.25) is 9.59 Å². The van der Waals surface area contributed by atoms with Gasteiger partial charge in [-0.15, -0.1) is 0 Å². The number of hydrogen-bond acceptors (Lipinski definition) is 9. The molecule has 260 valence electrons. The zero-order valence-electron chi connectivity index (χ0n) is 28.4. The number of methoxy groups -OCH3 is 1. The van der Waals surface area contributed by atoms with Crippen LogP contribution in [0.25, 0.3) is 22.4 Å². The van der Waals surface area contributed by atoms with E-state index >= 15 is 0 Å². The number of halogens is 1. The maximum Gasteiger partial charge on any atom is 0.407 e. The van der Waals surface area contributed by atoms with E-state index in [4.69, 9.17) is 35.5 Å². The van der Waals surface area contributed by atoms with Crippen molar-refractivity contribution in [2.75, 3.05) is 38.9 Å². The number of amides is 3. The van der Waals surface area contributed by atoms with Crippen molar-refractivity contribution >= 4 is 35.3 Å². The SMILES string of the molecule is CCOc1ccccc1C(=O)Nc1nc(-c2ccc(Cl)cc2OCOC)cc(-c2cccc(C(=O)NCCNC(=O)OC(C)(C)C)c2)c1C#N. The molecular formula is C37H38ClN5O7. The van der Waals surface area contributed by atoms with E-state index in [1.165, 1.54) is 7.11 Å². The molecule has 0 saturated heterocycles. The van der Waals surface area contributed by atoms with Crippen LogP contribution in [0.2, 0.25) is 5.02 Å². The van der Waals surface area contributed by atoms with E-state index < -0.39 is 23.5 Å². The molecule has 4 rings (SSSR count). The van der Waals surface area contributed by atoms with Crippen LogP contribution in [0.15, 0.2) is 72.8 Å². The van der Waals surface area contributed by atoms with Crippen LogP contribution in [0, 0.1) is 11.3 Å². The van der Waals surface area contributed by atoms with Gasteiger partial charge in [-0.1, -0.05) is 35.9 Å². The number of carbonyl (C=O) groups excluding carboxylic acids is 3. The molecule has 0 aliphatic rings. The first kappa shape index (κ1) is 37.2. The van der Waals surface area contributed by atoms with Gasteiger partial charge >= 0.3 is 6.09 Å². The lowest BCUT2D eigenvalue weighted by Gasteiger charge is -2.19. The summed E-state index contributed by atoms with van der Waals surface area (Å²) in [6.45, 7) is 7.65. The van der Waals surface area contributed by atoms with Gasteiger partial charge in [0.2, 0.25) is 0 Å². The van der Waals surface area contributed by atoms with Crippen LogP contribution in [0.3, 0.4) is 0 Å². The average Bonchev–Trinajstić information content (AvgIpc) is 3.08. The van der Waals surface area contributed by atoms with Crippen molar-refractivity contribution in [1.29, 1.82) is 5.26 Å². The first-order valence-electron chi connectivity index (χ1n) is 15.7. The first-order valence-corrected chi connectivity index (χ1v) is 16.1. The highest BCUT2D eigenvalue weighted by molar-refractivity contribution is 6.30. The predicted molar refractivity (Wildman–Crippen MR) is 189 cm³/mol. The molecule has 0 aliphatic carbocycles. The number of ether oxygens (including phenoxy) is 4. The molecule has 0 fully saturated rings. The normalized spacial score (nSPS) is 10.8. The fourth-order valence-corrected chi connectivity index (χ4v) is 4.92. The highest BCUT2D eigenvalue weighted by Crippen LogP contribution is 2.37. The van der Waals surface area contributed by atoms with Gasteiger partial charge in [0.25, 0.3) is 11.8 Å². The quantitative estimate of drug-likeness (QED) is 0.100. The molecule has 0 unspecified atom stereocenters. The summed E-state index contributed by atoms with van der Waals surface area (Å²) in [5, 5.41) is 19.0. The molecule has 3 N–H and O–H groups in total. The van der Waals surface area contributed by atoms with E-state index in [2.05, 4.69) is 22.0 Å². The number of nitriles is 1. The second-order valence-electron chi connectivity index (χ2n) is 11.7. The van der Waals surface area contributed by atoms with E-state index in [1.54, 1.807) is 93.6 Å². The van der Waals surface area contributed by atoms with Crippen molar-refractivity contribution < 1.29 is 33.3 Å². The molecule has 3 amide bonds. The third-order valence-corrected chi connectivity index (χ3v) is 7.10. The summed E-state index contributed by atoms with van der Waals surface area (Å²) in [6.07, 6.45) is -0.591. The Hall–Kier alpha value is -5.64. The molecule has 0 saturated carbocycles. The summed E-state index contributed by atoms with van der Waals surface area (Å²) in [5.41, 5.74) is 1.71. The molecule has 13 heteroatoms. The van der Waals surface area contributed by atoms with Crippen LogP contribution in [0.4, 0.5) is 10.6 Å². The minimum absolute atomic E-state index is 0.0213. The van der Waals surface area contributed by atoms with Crippen LogP contribution in [-0.2, 0) is 9.47 Å². The largest absolute Gasteiger partial charge is 0.493 e. The van der Waals surface area contributed by atoms with Crippen molar-refractivity contribution in [3.63, 3.8) is 0 Å². The van der Waals surface area contributed by atoms with E-state index in [9.17, 15) is 19.6 Å². The molecule has 0 atom stereocenters. The maximum absolute atomic E-state index is 13.6. The Labute approximate surface area is 295 Å². The Kier molecular flexibility index (Phi) is 12.8. The Morgan fingerprint density at radius 2 is 1.64 bits per heavy atom. The molecule has 50 heavy (non-hydrogen) atoms. The lowest BCUT2D eigenvalue weighted by molar-refractivity contribution is 0.0514. The van der Waals surface area contributed by atoms with Crippen molar-refractivity contribution in [3.8, 4) is 40.0 Å². The van der Waals surface area contributed by atoms with Crippen molar-refractivity contribution in [2.45, 2.75) is 33.3 Å². The molecule has 0 radical (unpaired) electrons. The summed E-state index contributed by atoms with van der Waals surface area (Å²) in [6, 6.07) is 22.2. The van der Waals surface area contributed by atoms with Crippen LogP contribution >= 0.6 is 11.6 Å². The molecule has 12 nitrogen and oxygen atoms in total. The Bertz CT molecular complexity index is 1900. The summed E-state index contributed by atoms with van der Waals surface area (Å²) >= 11 is 6.28. The highest BCUT2D eigenvalue weighted by atomic mass is 35.5. The molecule has 4 aromatic rings. The number of anilines is 1. The minimum Gasteiger partial charge on any atom is -0.493 e. The number of para-hydroxylation sites is 1. The van der Waals surface area contributed by atoms with Crippen LogP contribution < -0.4 is 25.4 Å². The number of carbonyl (C=O) groups is 3. The second-order valence-corrected chi connectivity index (χ2v) is 12.2. The van der Waals surface area contributed by atoms with E-state index in [0.717, 1.165) is 0 Å². The van der Waals surface area contributed by atoms with E-state index in [1.807, 2.05) is 6.92 Å². The third kappa shape index (κ3) is 9.95. The van der Waals surface area contributed by atoms with Crippen molar-refractivity contribution in [3.05, 3.63) is 94.5 Å². The van der Waals surface area contributed by atoms with Gasteiger partial charge < -0.3 is 34.9 Å². The lowest BCUT2D eigenvalue weighted by Crippen LogP contribution is -2.37. The number of aromatic nitrogens is 1. The maximum atomic E-state index is 13.6. The summed E-state index contributed by atoms with van der Waals surface area (Å²) in [7, 11) is 1.48. The van der Waals surface area contributed by atoms with Crippen LogP contribution in [0.5, 0.6) is 11.5 Å². The Balaban J connectivity index is 1.74. The molecule has 1 aromatic heterocycles. The van der Waals surface area contributed by atoms with E-state index in [0.29, 0.717) is 51.1 Å². The fourth-order valence-electron chi connectivity index (χ4n) is 4.76. The van der Waals surface area contributed by atoms with Crippen molar-refractivity contribution in [2.24, 2.45) is 0 Å². The molecule has 1 heterocycles. The highest BCUT2D eigenvalue weighted by Gasteiger charge is 2.22. The summed E-state index contributed by atoms with van der Waals surface area (Å²) < 4.78 is 21.8. The smallest absolute Gasteiger partial charge is 0.407 e. The molecule has 0 bridgehead atoms. The Morgan fingerprint density at radius 3 is 2.36 bits per heavy atom. The van der Waals surface area contributed by atoms with Gasteiger partial charge in [0.1, 0.15) is 28.7 Å². The number of rotatable bonds is 13. The van der Waals surface area contributed by atoms with E-state index in [-0.39, 0.29) is 36.8 Å². The first-order chi connectivity index (χ1) is 23.9. The number of benzene rings is 3. The van der Waals surface area contributed by atoms with Crippen LogP contribution in [-0.4, -0.2) is 62.1 Å². The summed E-state index contributed by atoms with van der Waals surface area (Å²) in [4.78, 5) is 43.4. The molecular weight excluding hydrogens is 662 g/mol. The van der Waals surface area contributed by atoms with Gasteiger partial charge in [-0.25, -0.2) is 9.78 Å². The number of nitrogens with one attached hydrogen (secondary N) is 3. The number of alkyl carbamates (subject to hydrolysis) is 1. The molecule has 3 aromatic carbocycles. The van der Waals surface area contributed by atoms with Gasteiger partial charge in [-0.05, 0) is 81.8 Å². The predicted octanol–water partition coefficient (Wildman–Crippen LogP) is 6.83. The van der Waals surface area contributed by atoms with Gasteiger partial charge in [-0.2, -0.15) is 5.26 Å².